The molecular weight excluding hydrogens is 417 g/mol. The van der Waals surface area contributed by atoms with Crippen LogP contribution < -0.4 is 20.7 Å². The molecule has 1 fully saturated rings. The zero-order valence-corrected chi connectivity index (χ0v) is 17.8. The molecule has 2 heterocycles. The summed E-state index contributed by atoms with van der Waals surface area (Å²) in [4.78, 5) is 32.5. The van der Waals surface area contributed by atoms with Crippen LogP contribution in [0.25, 0.3) is 11.4 Å². The quantitative estimate of drug-likeness (QED) is 0.483. The topological polar surface area (TPSA) is 123 Å². The van der Waals surface area contributed by atoms with Gasteiger partial charge in [0.2, 0.25) is 11.9 Å². The van der Waals surface area contributed by atoms with E-state index < -0.39 is 11.9 Å². The number of anilines is 3. The summed E-state index contributed by atoms with van der Waals surface area (Å²) in [5, 5.41) is 12.4. The minimum absolute atomic E-state index is 0.112. The molecule has 0 spiro atoms. The number of aryl methyl sites for hydroxylation is 1. The number of carbonyl (C=O) groups is 2. The third-order valence-electron chi connectivity index (χ3n) is 4.95. The number of hydrogen-bond donors (Lipinski definition) is 3. The Labute approximate surface area is 183 Å². The second-order valence-corrected chi connectivity index (χ2v) is 7.32. The van der Waals surface area contributed by atoms with Gasteiger partial charge in [-0.3, -0.25) is 14.3 Å². The predicted octanol–water partition coefficient (Wildman–Crippen LogP) is 2.48. The van der Waals surface area contributed by atoms with Crippen LogP contribution in [-0.2, 0) is 11.8 Å². The Hall–Kier alpha value is -4.02. The maximum atomic E-state index is 14.6. The van der Waals surface area contributed by atoms with E-state index in [9.17, 15) is 14.0 Å². The Morgan fingerprint density at radius 3 is 2.62 bits per heavy atom. The van der Waals surface area contributed by atoms with E-state index in [0.717, 1.165) is 12.8 Å². The standard InChI is InChI=1S/C21H22FN7O3/c1-23-21(31)16-14(9-15(18(22)27-16)26-20(30)11-7-8-11)25-13-6-4-5-12(17(13)32-3)19-24-10-29(2)28-19/h4-6,9-11,25H,7-8H2,1-3H3,(H,23,31)(H,26,30). The highest BCUT2D eigenvalue weighted by molar-refractivity contribution is 6.00. The predicted molar refractivity (Wildman–Crippen MR) is 115 cm³/mol. The summed E-state index contributed by atoms with van der Waals surface area (Å²) in [6, 6.07) is 6.63. The van der Waals surface area contributed by atoms with E-state index >= 15 is 0 Å². The number of benzene rings is 1. The zero-order chi connectivity index (χ0) is 22.8. The maximum absolute atomic E-state index is 14.6. The van der Waals surface area contributed by atoms with E-state index in [0.29, 0.717) is 22.8 Å². The van der Waals surface area contributed by atoms with E-state index in [2.05, 4.69) is 31.0 Å². The number of nitrogens with zero attached hydrogens (tertiary/aromatic N) is 4. The molecule has 1 aromatic carbocycles. The molecule has 0 aliphatic heterocycles. The highest BCUT2D eigenvalue weighted by Crippen LogP contribution is 2.38. The number of para-hydroxylation sites is 1. The van der Waals surface area contributed by atoms with Gasteiger partial charge in [0.15, 0.2) is 17.3 Å². The van der Waals surface area contributed by atoms with Gasteiger partial charge in [0.25, 0.3) is 5.91 Å². The van der Waals surface area contributed by atoms with Crippen molar-refractivity contribution in [2.45, 2.75) is 12.8 Å². The lowest BCUT2D eigenvalue weighted by Crippen LogP contribution is -2.22. The normalized spacial score (nSPS) is 12.9. The summed E-state index contributed by atoms with van der Waals surface area (Å²) in [7, 11) is 4.67. The SMILES string of the molecule is CNC(=O)c1nc(F)c(NC(=O)C2CC2)cc1Nc1cccc(-c2ncn(C)n2)c1OC. The molecule has 0 radical (unpaired) electrons. The van der Waals surface area contributed by atoms with Crippen molar-refractivity contribution in [1.29, 1.82) is 0 Å². The fourth-order valence-corrected chi connectivity index (χ4v) is 3.18. The minimum atomic E-state index is -0.943. The lowest BCUT2D eigenvalue weighted by Gasteiger charge is -2.17. The smallest absolute Gasteiger partial charge is 0.271 e. The first kappa shape index (κ1) is 21.2. The number of pyridine rings is 1. The lowest BCUT2D eigenvalue weighted by atomic mass is 10.1. The van der Waals surface area contributed by atoms with Crippen LogP contribution in [-0.4, -0.2) is 45.7 Å². The monoisotopic (exact) mass is 439 g/mol. The third kappa shape index (κ3) is 4.22. The summed E-state index contributed by atoms with van der Waals surface area (Å²) in [5.41, 5.74) is 1.02. The first-order chi connectivity index (χ1) is 15.4. The molecule has 1 saturated carbocycles. The fraction of sp³-hybridized carbons (Fsp3) is 0.286. The van der Waals surface area contributed by atoms with Crippen LogP contribution in [0, 0.1) is 11.9 Å². The van der Waals surface area contributed by atoms with E-state index in [1.165, 1.54) is 20.2 Å². The third-order valence-corrected chi connectivity index (χ3v) is 4.95. The molecule has 11 heteroatoms. The van der Waals surface area contributed by atoms with Crippen molar-refractivity contribution in [3.8, 4) is 17.1 Å². The van der Waals surface area contributed by atoms with Crippen molar-refractivity contribution < 1.29 is 18.7 Å². The Kier molecular flexibility index (Phi) is 5.71. The van der Waals surface area contributed by atoms with Gasteiger partial charge in [0.05, 0.1) is 29.7 Å². The van der Waals surface area contributed by atoms with Gasteiger partial charge in [0, 0.05) is 20.0 Å². The van der Waals surface area contributed by atoms with Gasteiger partial charge in [-0.1, -0.05) is 6.07 Å². The fourth-order valence-electron chi connectivity index (χ4n) is 3.18. The van der Waals surface area contributed by atoms with E-state index in [1.54, 1.807) is 36.3 Å². The number of ether oxygens (including phenoxy) is 1. The van der Waals surface area contributed by atoms with Gasteiger partial charge < -0.3 is 20.7 Å². The number of hydrogen-bond acceptors (Lipinski definition) is 7. The number of aromatic nitrogens is 4. The van der Waals surface area contributed by atoms with Gasteiger partial charge in [0.1, 0.15) is 6.33 Å². The Morgan fingerprint density at radius 1 is 1.22 bits per heavy atom. The van der Waals surface area contributed by atoms with Crippen LogP contribution in [0.4, 0.5) is 21.5 Å². The molecule has 1 aliphatic carbocycles. The minimum Gasteiger partial charge on any atom is -0.494 e. The molecule has 166 valence electrons. The van der Waals surface area contributed by atoms with Crippen molar-refractivity contribution in [1.82, 2.24) is 25.1 Å². The molecule has 0 unspecified atom stereocenters. The summed E-state index contributed by atoms with van der Waals surface area (Å²) in [6.07, 6.45) is 3.11. The largest absolute Gasteiger partial charge is 0.494 e. The molecule has 32 heavy (non-hydrogen) atoms. The molecule has 3 N–H and O–H groups in total. The summed E-state index contributed by atoms with van der Waals surface area (Å²) in [6.45, 7) is 0. The van der Waals surface area contributed by atoms with Crippen molar-refractivity contribution in [2.75, 3.05) is 24.8 Å². The molecule has 0 saturated heterocycles. The van der Waals surface area contributed by atoms with Gasteiger partial charge in [-0.05, 0) is 31.0 Å². The van der Waals surface area contributed by atoms with Crippen LogP contribution in [0.3, 0.4) is 0 Å². The average molecular weight is 439 g/mol. The number of rotatable bonds is 7. The number of methoxy groups -OCH3 is 1. The highest BCUT2D eigenvalue weighted by atomic mass is 19.1. The van der Waals surface area contributed by atoms with Gasteiger partial charge >= 0.3 is 0 Å². The van der Waals surface area contributed by atoms with E-state index in [4.69, 9.17) is 4.74 Å². The van der Waals surface area contributed by atoms with E-state index in [-0.39, 0.29) is 28.9 Å². The van der Waals surface area contributed by atoms with Crippen molar-refractivity contribution in [2.24, 2.45) is 13.0 Å². The second kappa shape index (κ2) is 8.61. The van der Waals surface area contributed by atoms with Crippen LogP contribution in [0.15, 0.2) is 30.6 Å². The Bertz CT molecular complexity index is 1190. The van der Waals surface area contributed by atoms with Crippen molar-refractivity contribution in [3.05, 3.63) is 42.2 Å². The molecule has 10 nitrogen and oxygen atoms in total. The van der Waals surface area contributed by atoms with Crippen LogP contribution in [0.5, 0.6) is 5.75 Å². The molecule has 0 atom stereocenters. The van der Waals surface area contributed by atoms with Gasteiger partial charge in [-0.25, -0.2) is 9.97 Å². The first-order valence-corrected chi connectivity index (χ1v) is 9.94. The number of halogens is 1. The molecule has 4 rings (SSSR count). The molecule has 1 aliphatic rings. The number of amides is 2. The Balaban J connectivity index is 1.75. The van der Waals surface area contributed by atoms with Gasteiger partial charge in [-0.15, -0.1) is 0 Å². The molecule has 3 aromatic rings. The first-order valence-electron chi connectivity index (χ1n) is 9.94. The molecule has 2 aromatic heterocycles. The highest BCUT2D eigenvalue weighted by Gasteiger charge is 2.30. The van der Waals surface area contributed by atoms with Crippen LogP contribution >= 0.6 is 0 Å². The summed E-state index contributed by atoms with van der Waals surface area (Å²) >= 11 is 0. The van der Waals surface area contributed by atoms with Crippen LogP contribution in [0.2, 0.25) is 0 Å². The average Bonchev–Trinajstić information content (AvgIpc) is 3.55. The maximum Gasteiger partial charge on any atom is 0.271 e. The van der Waals surface area contributed by atoms with E-state index in [1.807, 2.05) is 0 Å². The van der Waals surface area contributed by atoms with Gasteiger partial charge in [-0.2, -0.15) is 9.49 Å². The number of carbonyl (C=O) groups excluding carboxylic acids is 2. The molecule has 0 bridgehead atoms. The van der Waals surface area contributed by atoms with Crippen molar-refractivity contribution in [3.63, 3.8) is 0 Å². The second-order valence-electron chi connectivity index (χ2n) is 7.32. The Morgan fingerprint density at radius 2 is 2.00 bits per heavy atom. The van der Waals surface area contributed by atoms with Crippen LogP contribution in [0.1, 0.15) is 23.3 Å². The lowest BCUT2D eigenvalue weighted by molar-refractivity contribution is -0.117. The summed E-state index contributed by atoms with van der Waals surface area (Å²) < 4.78 is 21.7. The number of nitrogens with one attached hydrogen (secondary N) is 3. The van der Waals surface area contributed by atoms with Crippen molar-refractivity contribution >= 4 is 28.9 Å². The summed E-state index contributed by atoms with van der Waals surface area (Å²) in [5.74, 6) is -1.05. The molecular formula is C21H22FN7O3. The zero-order valence-electron chi connectivity index (χ0n) is 17.8. The molecule has 2 amide bonds.